The highest BCUT2D eigenvalue weighted by Crippen LogP contribution is 2.39. The van der Waals surface area contributed by atoms with Crippen LogP contribution in [-0.4, -0.2) is 9.13 Å². The molecule has 0 aliphatic carbocycles. The van der Waals surface area contributed by atoms with Crippen LogP contribution in [0, 0.1) is 13.8 Å². The van der Waals surface area contributed by atoms with Gasteiger partial charge in [-0.25, -0.2) is 0 Å². The number of hydrogen-bond acceptors (Lipinski definition) is 0. The predicted molar refractivity (Wildman–Crippen MR) is 133 cm³/mol. The monoisotopic (exact) mass is 402 g/mol. The Kier molecular flexibility index (Phi) is 3.97. The minimum absolute atomic E-state index is 0.872. The molecule has 0 fully saturated rings. The molecule has 2 nitrogen and oxygen atoms in total. The van der Waals surface area contributed by atoms with Gasteiger partial charge < -0.3 is 9.13 Å². The van der Waals surface area contributed by atoms with E-state index in [1.54, 1.807) is 0 Å². The van der Waals surface area contributed by atoms with E-state index >= 15 is 0 Å². The molecule has 0 amide bonds. The Hall–Kier alpha value is -3.52. The molecule has 0 saturated heterocycles. The standard InChI is InChI=1S/C29H26N2/c1-4-30-26-11-7-5-9-22(26)24-13-14-25-23-10-6-8-12-27(23)31(29(25)28(24)30)18-21-16-19(2)15-20(3)17-21/h5-17H,4,18H2,1-3H3. The molecular weight excluding hydrogens is 376 g/mol. The molecule has 0 bridgehead atoms. The fraction of sp³-hybridized carbons (Fsp3) is 0.172. The first-order valence-corrected chi connectivity index (χ1v) is 11.1. The molecule has 0 N–H and O–H groups in total. The molecule has 2 heterocycles. The van der Waals surface area contributed by atoms with Crippen molar-refractivity contribution >= 4 is 43.6 Å². The van der Waals surface area contributed by atoms with E-state index in [-0.39, 0.29) is 0 Å². The Bertz CT molecular complexity index is 1590. The summed E-state index contributed by atoms with van der Waals surface area (Å²) >= 11 is 0. The van der Waals surface area contributed by atoms with Gasteiger partial charge in [-0.2, -0.15) is 0 Å². The number of benzene rings is 4. The van der Waals surface area contributed by atoms with Crippen molar-refractivity contribution in [2.24, 2.45) is 0 Å². The maximum absolute atomic E-state index is 2.53. The Labute approximate surface area is 182 Å². The average Bonchev–Trinajstić information content (AvgIpc) is 3.26. The Morgan fingerprint density at radius 2 is 1.10 bits per heavy atom. The van der Waals surface area contributed by atoms with E-state index in [4.69, 9.17) is 0 Å². The number of nitrogens with zero attached hydrogens (tertiary/aromatic N) is 2. The first-order chi connectivity index (χ1) is 15.2. The summed E-state index contributed by atoms with van der Waals surface area (Å²) in [6, 6.07) is 29.2. The lowest BCUT2D eigenvalue weighted by atomic mass is 10.1. The molecule has 0 unspecified atom stereocenters. The van der Waals surface area contributed by atoms with Crippen molar-refractivity contribution in [3.8, 4) is 0 Å². The zero-order valence-corrected chi connectivity index (χ0v) is 18.3. The zero-order chi connectivity index (χ0) is 21.1. The van der Waals surface area contributed by atoms with Gasteiger partial charge in [0.1, 0.15) is 0 Å². The Morgan fingerprint density at radius 3 is 1.68 bits per heavy atom. The SMILES string of the molecule is CCn1c2ccccc2c2ccc3c4ccccc4n(Cc4cc(C)cc(C)c4)c3c21. The highest BCUT2D eigenvalue weighted by atomic mass is 15.0. The molecule has 6 aromatic rings. The number of fused-ring (bicyclic) bond motifs is 7. The van der Waals surface area contributed by atoms with Crippen molar-refractivity contribution in [2.75, 3.05) is 0 Å². The van der Waals surface area contributed by atoms with Crippen LogP contribution in [0.3, 0.4) is 0 Å². The van der Waals surface area contributed by atoms with Gasteiger partial charge in [0.05, 0.1) is 11.0 Å². The molecule has 2 aromatic heterocycles. The smallest absolute Gasteiger partial charge is 0.0742 e. The van der Waals surface area contributed by atoms with Crippen molar-refractivity contribution in [1.29, 1.82) is 0 Å². The lowest BCUT2D eigenvalue weighted by Crippen LogP contribution is -2.02. The molecule has 0 spiro atoms. The van der Waals surface area contributed by atoms with E-state index in [1.807, 2.05) is 0 Å². The summed E-state index contributed by atoms with van der Waals surface area (Å²) in [4.78, 5) is 0. The Balaban J connectivity index is 1.79. The molecule has 0 radical (unpaired) electrons. The summed E-state index contributed by atoms with van der Waals surface area (Å²) in [5.41, 5.74) is 9.31. The van der Waals surface area contributed by atoms with Gasteiger partial charge in [-0.3, -0.25) is 0 Å². The molecule has 0 saturated carbocycles. The summed E-state index contributed by atoms with van der Waals surface area (Å²) in [6.07, 6.45) is 0. The summed E-state index contributed by atoms with van der Waals surface area (Å²) in [5, 5.41) is 5.35. The van der Waals surface area contributed by atoms with Crippen LogP contribution in [-0.2, 0) is 13.1 Å². The first kappa shape index (κ1) is 18.3. The van der Waals surface area contributed by atoms with E-state index in [0.29, 0.717) is 0 Å². The third-order valence-electron chi connectivity index (χ3n) is 6.60. The lowest BCUT2D eigenvalue weighted by Gasteiger charge is -2.12. The highest BCUT2D eigenvalue weighted by molar-refractivity contribution is 6.22. The highest BCUT2D eigenvalue weighted by Gasteiger charge is 2.18. The zero-order valence-electron chi connectivity index (χ0n) is 18.3. The van der Waals surface area contributed by atoms with Gasteiger partial charge in [0, 0.05) is 45.7 Å². The molecule has 4 aromatic carbocycles. The number of rotatable bonds is 3. The van der Waals surface area contributed by atoms with Gasteiger partial charge in [0.2, 0.25) is 0 Å². The van der Waals surface area contributed by atoms with Crippen molar-refractivity contribution in [3.05, 3.63) is 95.6 Å². The minimum atomic E-state index is 0.872. The second-order valence-electron chi connectivity index (χ2n) is 8.72. The molecule has 6 rings (SSSR count). The second kappa shape index (κ2) is 6.75. The molecule has 31 heavy (non-hydrogen) atoms. The summed E-state index contributed by atoms with van der Waals surface area (Å²) in [6.45, 7) is 8.46. The summed E-state index contributed by atoms with van der Waals surface area (Å²) in [5.74, 6) is 0. The van der Waals surface area contributed by atoms with Crippen LogP contribution in [0.4, 0.5) is 0 Å². The van der Waals surface area contributed by atoms with Crippen LogP contribution in [0.15, 0.2) is 78.9 Å². The topological polar surface area (TPSA) is 9.86 Å². The summed E-state index contributed by atoms with van der Waals surface area (Å²) in [7, 11) is 0. The van der Waals surface area contributed by atoms with Crippen LogP contribution >= 0.6 is 0 Å². The van der Waals surface area contributed by atoms with Crippen molar-refractivity contribution in [3.63, 3.8) is 0 Å². The molecular formula is C29H26N2. The third-order valence-corrected chi connectivity index (χ3v) is 6.60. The fourth-order valence-electron chi connectivity index (χ4n) is 5.51. The number of hydrogen-bond donors (Lipinski definition) is 0. The number of aryl methyl sites for hydroxylation is 3. The van der Waals surface area contributed by atoms with Gasteiger partial charge in [-0.05, 0) is 38.5 Å². The molecule has 0 atom stereocenters. The van der Waals surface area contributed by atoms with Gasteiger partial charge >= 0.3 is 0 Å². The molecule has 0 aliphatic rings. The van der Waals surface area contributed by atoms with Gasteiger partial charge in [-0.15, -0.1) is 0 Å². The summed E-state index contributed by atoms with van der Waals surface area (Å²) < 4.78 is 5.02. The fourth-order valence-corrected chi connectivity index (χ4v) is 5.51. The van der Waals surface area contributed by atoms with Crippen LogP contribution in [0.1, 0.15) is 23.6 Å². The van der Waals surface area contributed by atoms with Crippen LogP contribution in [0.2, 0.25) is 0 Å². The van der Waals surface area contributed by atoms with E-state index < -0.39 is 0 Å². The minimum Gasteiger partial charge on any atom is -0.339 e. The van der Waals surface area contributed by atoms with Crippen molar-refractivity contribution < 1.29 is 0 Å². The van der Waals surface area contributed by atoms with Crippen molar-refractivity contribution in [2.45, 2.75) is 33.9 Å². The predicted octanol–water partition coefficient (Wildman–Crippen LogP) is 7.59. The van der Waals surface area contributed by atoms with Crippen LogP contribution < -0.4 is 0 Å². The second-order valence-corrected chi connectivity index (χ2v) is 8.72. The van der Waals surface area contributed by atoms with Gasteiger partial charge in [-0.1, -0.05) is 77.9 Å². The van der Waals surface area contributed by atoms with Crippen LogP contribution in [0.25, 0.3) is 43.6 Å². The molecule has 0 aliphatic heterocycles. The number of para-hydroxylation sites is 2. The van der Waals surface area contributed by atoms with Crippen molar-refractivity contribution in [1.82, 2.24) is 9.13 Å². The average molecular weight is 403 g/mol. The Morgan fingerprint density at radius 1 is 0.581 bits per heavy atom. The number of aromatic nitrogens is 2. The normalized spacial score (nSPS) is 12.0. The van der Waals surface area contributed by atoms with Gasteiger partial charge in [0.25, 0.3) is 0 Å². The molecule has 2 heteroatoms. The largest absolute Gasteiger partial charge is 0.339 e. The van der Waals surface area contributed by atoms with E-state index in [9.17, 15) is 0 Å². The first-order valence-electron chi connectivity index (χ1n) is 11.1. The molecule has 152 valence electrons. The quantitative estimate of drug-likeness (QED) is 0.289. The maximum Gasteiger partial charge on any atom is 0.0742 e. The van der Waals surface area contributed by atoms with E-state index in [1.165, 1.54) is 60.3 Å². The lowest BCUT2D eigenvalue weighted by molar-refractivity contribution is 0.820. The van der Waals surface area contributed by atoms with Crippen LogP contribution in [0.5, 0.6) is 0 Å². The third kappa shape index (κ3) is 2.64. The van der Waals surface area contributed by atoms with E-state index in [0.717, 1.165) is 13.1 Å². The van der Waals surface area contributed by atoms with Gasteiger partial charge in [0.15, 0.2) is 0 Å². The maximum atomic E-state index is 2.53. The van der Waals surface area contributed by atoms with E-state index in [2.05, 4.69) is 109 Å².